The summed E-state index contributed by atoms with van der Waals surface area (Å²) < 4.78 is 0. The minimum Gasteiger partial charge on any atom is -0.508 e. The number of hydrogen-bond donors (Lipinski definition) is 2. The molecular formula is C20H21N5O2S. The summed E-state index contributed by atoms with van der Waals surface area (Å²) in [6.45, 7) is 6.72. The second kappa shape index (κ2) is 9.12. The number of carbonyl (C=O) groups is 1. The molecule has 1 heterocycles. The van der Waals surface area contributed by atoms with Gasteiger partial charge in [-0.15, -0.1) is 0 Å². The van der Waals surface area contributed by atoms with Gasteiger partial charge in [0, 0.05) is 18.7 Å². The number of rotatable bonds is 6. The first-order valence-electron chi connectivity index (χ1n) is 8.72. The lowest BCUT2D eigenvalue weighted by Crippen LogP contribution is -2.31. The van der Waals surface area contributed by atoms with E-state index >= 15 is 0 Å². The minimum atomic E-state index is -0.0642. The van der Waals surface area contributed by atoms with Crippen molar-refractivity contribution in [1.82, 2.24) is 9.88 Å². The number of pyridine rings is 1. The van der Waals surface area contributed by atoms with E-state index in [9.17, 15) is 20.4 Å². The Morgan fingerprint density at radius 1 is 1.25 bits per heavy atom. The van der Waals surface area contributed by atoms with E-state index in [1.807, 2.05) is 19.9 Å². The van der Waals surface area contributed by atoms with Gasteiger partial charge < -0.3 is 15.7 Å². The predicted octanol–water partition coefficient (Wildman–Crippen LogP) is 3.05. The molecule has 1 amide bonds. The highest BCUT2D eigenvalue weighted by molar-refractivity contribution is 8.00. The van der Waals surface area contributed by atoms with Crippen molar-refractivity contribution in [3.05, 3.63) is 34.9 Å². The maximum absolute atomic E-state index is 12.3. The molecule has 7 nitrogen and oxygen atoms in total. The number of hydrogen-bond acceptors (Lipinski definition) is 7. The van der Waals surface area contributed by atoms with E-state index in [2.05, 4.69) is 11.1 Å². The first-order valence-corrected chi connectivity index (χ1v) is 9.70. The average molecular weight is 395 g/mol. The van der Waals surface area contributed by atoms with Gasteiger partial charge in [-0.2, -0.15) is 10.5 Å². The number of nitrogens with zero attached hydrogens (tertiary/aromatic N) is 4. The van der Waals surface area contributed by atoms with Crippen LogP contribution in [-0.4, -0.2) is 39.7 Å². The number of amides is 1. The number of anilines is 1. The van der Waals surface area contributed by atoms with E-state index in [0.717, 1.165) is 11.8 Å². The zero-order valence-electron chi connectivity index (χ0n) is 16.0. The first-order chi connectivity index (χ1) is 13.4. The number of aromatic hydroxyl groups is 1. The van der Waals surface area contributed by atoms with Crippen molar-refractivity contribution in [3.8, 4) is 29.0 Å². The smallest absolute Gasteiger partial charge is 0.232 e. The van der Waals surface area contributed by atoms with Gasteiger partial charge >= 0.3 is 0 Å². The fourth-order valence-electron chi connectivity index (χ4n) is 2.80. The minimum absolute atomic E-state index is 0.0000150. The molecule has 1 aromatic carbocycles. The number of phenols is 1. The Labute approximate surface area is 168 Å². The normalized spacial score (nSPS) is 10.2. The monoisotopic (exact) mass is 395 g/mol. The lowest BCUT2D eigenvalue weighted by Gasteiger charge is -2.18. The van der Waals surface area contributed by atoms with Gasteiger partial charge in [0.1, 0.15) is 34.3 Å². The number of aromatic nitrogens is 1. The molecule has 0 unspecified atom stereocenters. The second-order valence-electron chi connectivity index (χ2n) is 6.01. The molecule has 0 atom stereocenters. The van der Waals surface area contributed by atoms with Crippen LogP contribution in [0.3, 0.4) is 0 Å². The number of phenolic OH excluding ortho intramolecular Hbond substituents is 1. The summed E-state index contributed by atoms with van der Waals surface area (Å²) in [4.78, 5) is 18.2. The van der Waals surface area contributed by atoms with Crippen LogP contribution in [-0.2, 0) is 4.79 Å². The predicted molar refractivity (Wildman–Crippen MR) is 109 cm³/mol. The second-order valence-corrected chi connectivity index (χ2v) is 6.97. The molecule has 0 bridgehead atoms. The molecule has 1 aromatic heterocycles. The van der Waals surface area contributed by atoms with Gasteiger partial charge in [0.05, 0.1) is 11.3 Å². The summed E-state index contributed by atoms with van der Waals surface area (Å²) in [5.74, 6) is 0.163. The molecule has 0 saturated carbocycles. The molecule has 0 radical (unpaired) electrons. The van der Waals surface area contributed by atoms with Crippen LogP contribution in [0.5, 0.6) is 5.75 Å². The van der Waals surface area contributed by atoms with Gasteiger partial charge in [-0.05, 0) is 44.0 Å². The van der Waals surface area contributed by atoms with Gasteiger partial charge in [0.2, 0.25) is 5.91 Å². The Morgan fingerprint density at radius 2 is 1.89 bits per heavy atom. The number of aryl methyl sites for hydroxylation is 1. The standard InChI is InChI=1S/C20H21N5O2S/c1-4-25(5-2)17(27)11-28-20-15(10-22)18(14(9-21)19(23)24-20)13-6-7-16(26)12(3)8-13/h6-8,26H,4-5,11H2,1-3H3,(H2,23,24). The number of nitrogens with two attached hydrogens (primary N) is 1. The summed E-state index contributed by atoms with van der Waals surface area (Å²) in [5.41, 5.74) is 7.81. The highest BCUT2D eigenvalue weighted by Crippen LogP contribution is 2.37. The molecule has 2 rings (SSSR count). The van der Waals surface area contributed by atoms with Crippen molar-refractivity contribution >= 4 is 23.5 Å². The molecule has 28 heavy (non-hydrogen) atoms. The molecule has 3 N–H and O–H groups in total. The molecule has 0 spiro atoms. The van der Waals surface area contributed by atoms with Crippen molar-refractivity contribution in [2.24, 2.45) is 0 Å². The molecule has 144 valence electrons. The third-order valence-electron chi connectivity index (χ3n) is 4.35. The van der Waals surface area contributed by atoms with Gasteiger partial charge in [-0.1, -0.05) is 17.8 Å². The Morgan fingerprint density at radius 3 is 2.43 bits per heavy atom. The topological polar surface area (TPSA) is 127 Å². The van der Waals surface area contributed by atoms with E-state index < -0.39 is 0 Å². The SMILES string of the molecule is CCN(CC)C(=O)CSc1nc(N)c(C#N)c(-c2ccc(O)c(C)c2)c1C#N. The third kappa shape index (κ3) is 4.19. The Kier molecular flexibility index (Phi) is 6.86. The highest BCUT2D eigenvalue weighted by atomic mass is 32.2. The highest BCUT2D eigenvalue weighted by Gasteiger charge is 2.22. The zero-order chi connectivity index (χ0) is 20.8. The van der Waals surface area contributed by atoms with Crippen LogP contribution in [0, 0.1) is 29.6 Å². The average Bonchev–Trinajstić information content (AvgIpc) is 2.68. The maximum Gasteiger partial charge on any atom is 0.232 e. The number of nitriles is 2. The summed E-state index contributed by atoms with van der Waals surface area (Å²) in [5, 5.41) is 29.4. The Balaban J connectivity index is 2.56. The molecule has 0 fully saturated rings. The van der Waals surface area contributed by atoms with Crippen molar-refractivity contribution in [2.45, 2.75) is 25.8 Å². The fourth-order valence-corrected chi connectivity index (χ4v) is 3.70. The van der Waals surface area contributed by atoms with Crippen LogP contribution < -0.4 is 5.73 Å². The molecule has 0 aliphatic heterocycles. The first kappa shape index (κ1) is 21.1. The van der Waals surface area contributed by atoms with Crippen LogP contribution in [0.25, 0.3) is 11.1 Å². The third-order valence-corrected chi connectivity index (χ3v) is 5.31. The summed E-state index contributed by atoms with van der Waals surface area (Å²) in [6, 6.07) is 8.92. The molecule has 2 aromatic rings. The lowest BCUT2D eigenvalue weighted by atomic mass is 9.95. The number of thioether (sulfide) groups is 1. The van der Waals surface area contributed by atoms with E-state index in [1.54, 1.807) is 24.0 Å². The molecule has 0 saturated heterocycles. The largest absolute Gasteiger partial charge is 0.508 e. The summed E-state index contributed by atoms with van der Waals surface area (Å²) >= 11 is 1.12. The summed E-state index contributed by atoms with van der Waals surface area (Å²) in [7, 11) is 0. The van der Waals surface area contributed by atoms with Crippen molar-refractivity contribution in [2.75, 3.05) is 24.6 Å². The van der Waals surface area contributed by atoms with E-state index in [1.165, 1.54) is 6.07 Å². The van der Waals surface area contributed by atoms with Crippen molar-refractivity contribution < 1.29 is 9.90 Å². The Hall–Kier alpha value is -3.23. The van der Waals surface area contributed by atoms with Crippen LogP contribution in [0.4, 0.5) is 5.82 Å². The van der Waals surface area contributed by atoms with E-state index in [-0.39, 0.29) is 34.4 Å². The van der Waals surface area contributed by atoms with Gasteiger partial charge in [-0.25, -0.2) is 4.98 Å². The van der Waals surface area contributed by atoms with Crippen LogP contribution in [0.1, 0.15) is 30.5 Å². The molecule has 8 heteroatoms. The summed E-state index contributed by atoms with van der Waals surface area (Å²) in [6.07, 6.45) is 0. The zero-order valence-corrected chi connectivity index (χ0v) is 16.8. The van der Waals surface area contributed by atoms with E-state index in [4.69, 9.17) is 5.73 Å². The van der Waals surface area contributed by atoms with Crippen molar-refractivity contribution in [1.29, 1.82) is 10.5 Å². The van der Waals surface area contributed by atoms with Crippen LogP contribution in [0.15, 0.2) is 23.2 Å². The quantitative estimate of drug-likeness (QED) is 0.720. The van der Waals surface area contributed by atoms with Gasteiger partial charge in [0.25, 0.3) is 0 Å². The number of benzene rings is 1. The van der Waals surface area contributed by atoms with Crippen LogP contribution in [0.2, 0.25) is 0 Å². The Bertz CT molecular complexity index is 988. The molecular weight excluding hydrogens is 374 g/mol. The van der Waals surface area contributed by atoms with Gasteiger partial charge in [-0.3, -0.25) is 4.79 Å². The lowest BCUT2D eigenvalue weighted by molar-refractivity contribution is -0.127. The molecule has 0 aliphatic carbocycles. The molecule has 0 aliphatic rings. The van der Waals surface area contributed by atoms with Crippen molar-refractivity contribution in [3.63, 3.8) is 0 Å². The van der Waals surface area contributed by atoms with Gasteiger partial charge in [0.15, 0.2) is 0 Å². The van der Waals surface area contributed by atoms with Crippen LogP contribution >= 0.6 is 11.8 Å². The maximum atomic E-state index is 12.3. The number of nitrogen functional groups attached to an aromatic ring is 1. The number of carbonyl (C=O) groups excluding carboxylic acids is 1. The van der Waals surface area contributed by atoms with E-state index in [0.29, 0.717) is 34.8 Å². The fraction of sp³-hybridized carbons (Fsp3) is 0.300.